The molecular formula is C24H24N2O7S2. The van der Waals surface area contributed by atoms with Crippen LogP contribution in [0.4, 0.5) is 0 Å². The molecule has 2 amide bonds. The second-order valence-electron chi connectivity index (χ2n) is 9.41. The number of aromatic nitrogens is 1. The number of methoxy groups -OCH3 is 3. The van der Waals surface area contributed by atoms with E-state index in [2.05, 4.69) is 4.98 Å². The SMILES string of the molecule is COC(=O)CN1C(=O)[C@@H]2[C@H]3C[C@@H]([C@@H]2C1=O)[C@@H]1[C@H](c2ccc(OC)c(OC)c2)c2sc(=O)[nH]c2S[C@@H]31. The Balaban J connectivity index is 1.43. The second kappa shape index (κ2) is 8.12. The van der Waals surface area contributed by atoms with E-state index < -0.39 is 17.8 Å². The van der Waals surface area contributed by atoms with Crippen LogP contribution >= 0.6 is 23.1 Å². The molecule has 2 bridgehead atoms. The van der Waals surface area contributed by atoms with E-state index in [-0.39, 0.29) is 52.2 Å². The average molecular weight is 517 g/mol. The van der Waals surface area contributed by atoms with Crippen molar-refractivity contribution in [2.24, 2.45) is 29.6 Å². The van der Waals surface area contributed by atoms with Crippen LogP contribution in [0.2, 0.25) is 0 Å². The van der Waals surface area contributed by atoms with Gasteiger partial charge in [0.05, 0.1) is 38.2 Å². The van der Waals surface area contributed by atoms with Gasteiger partial charge in [0.25, 0.3) is 0 Å². The summed E-state index contributed by atoms with van der Waals surface area (Å²) in [7, 11) is 4.41. The van der Waals surface area contributed by atoms with Gasteiger partial charge in [0, 0.05) is 16.0 Å². The van der Waals surface area contributed by atoms with Gasteiger partial charge in [-0.1, -0.05) is 17.4 Å². The highest BCUT2D eigenvalue weighted by molar-refractivity contribution is 8.00. The number of nitrogens with zero attached hydrogens (tertiary/aromatic N) is 1. The summed E-state index contributed by atoms with van der Waals surface area (Å²) in [5, 5.41) is 0.917. The van der Waals surface area contributed by atoms with E-state index >= 15 is 0 Å². The van der Waals surface area contributed by atoms with Crippen molar-refractivity contribution >= 4 is 40.9 Å². The summed E-state index contributed by atoms with van der Waals surface area (Å²) < 4.78 is 15.7. The van der Waals surface area contributed by atoms with E-state index in [0.717, 1.165) is 26.8 Å². The van der Waals surface area contributed by atoms with Gasteiger partial charge in [0.2, 0.25) is 11.8 Å². The molecule has 2 aromatic rings. The number of esters is 1. The van der Waals surface area contributed by atoms with Gasteiger partial charge in [-0.05, 0) is 41.9 Å². The predicted molar refractivity (Wildman–Crippen MR) is 127 cm³/mol. The zero-order chi connectivity index (χ0) is 24.6. The lowest BCUT2D eigenvalue weighted by Crippen LogP contribution is -2.42. The maximum absolute atomic E-state index is 13.4. The van der Waals surface area contributed by atoms with Crippen molar-refractivity contribution in [2.45, 2.75) is 22.6 Å². The van der Waals surface area contributed by atoms with E-state index in [0.29, 0.717) is 11.5 Å². The standard InChI is InChI=1S/C24H24N2O7S2/c1-31-12-5-4-9(6-13(12)32-2)15-16-10-7-11(19(16)34-21-20(15)35-24(30)25-21)18-17(10)22(28)26(23(18)29)8-14(27)33-3/h4-6,10-11,15-19H,7-8H2,1-3H3,(H,25,30)/t10-,11-,15+,16-,17+,18-,19+/m1/s1. The molecule has 1 saturated heterocycles. The number of rotatable bonds is 5. The monoisotopic (exact) mass is 516 g/mol. The molecule has 1 aromatic heterocycles. The minimum Gasteiger partial charge on any atom is -0.493 e. The van der Waals surface area contributed by atoms with Crippen molar-refractivity contribution in [1.29, 1.82) is 0 Å². The fourth-order valence-electron chi connectivity index (χ4n) is 6.85. The van der Waals surface area contributed by atoms with Crippen molar-refractivity contribution in [3.8, 4) is 11.5 Å². The molecule has 1 aromatic carbocycles. The third-order valence-electron chi connectivity index (χ3n) is 8.10. The van der Waals surface area contributed by atoms with Crippen LogP contribution in [0.15, 0.2) is 28.0 Å². The first-order chi connectivity index (χ1) is 16.9. The summed E-state index contributed by atoms with van der Waals surface area (Å²) in [6, 6.07) is 5.79. The first-order valence-corrected chi connectivity index (χ1v) is 13.1. The van der Waals surface area contributed by atoms with E-state index in [1.165, 1.54) is 18.4 Å². The molecule has 0 radical (unpaired) electrons. The highest BCUT2D eigenvalue weighted by atomic mass is 32.2. The average Bonchev–Trinajstić information content (AvgIpc) is 3.59. The van der Waals surface area contributed by atoms with Crippen LogP contribution in [0.3, 0.4) is 0 Å². The molecule has 2 aliphatic carbocycles. The molecule has 1 N–H and O–H groups in total. The number of aromatic amines is 1. The number of imide groups is 1. The van der Waals surface area contributed by atoms with Crippen LogP contribution < -0.4 is 14.3 Å². The second-order valence-corrected chi connectivity index (χ2v) is 11.6. The number of H-pyrrole nitrogens is 1. The maximum atomic E-state index is 13.4. The summed E-state index contributed by atoms with van der Waals surface area (Å²) in [6.45, 7) is -0.344. The first kappa shape index (κ1) is 22.7. The molecule has 3 heterocycles. The van der Waals surface area contributed by atoms with Gasteiger partial charge in [0.15, 0.2) is 11.5 Å². The summed E-state index contributed by atoms with van der Waals surface area (Å²) in [5.41, 5.74) is 0.988. The van der Waals surface area contributed by atoms with Gasteiger partial charge >= 0.3 is 10.8 Å². The minimum atomic E-state index is -0.603. The van der Waals surface area contributed by atoms with Crippen LogP contribution in [0.25, 0.3) is 0 Å². The molecule has 2 saturated carbocycles. The lowest BCUT2D eigenvalue weighted by Gasteiger charge is -2.43. The molecule has 184 valence electrons. The number of benzene rings is 1. The Morgan fingerprint density at radius 1 is 1.06 bits per heavy atom. The molecule has 7 atom stereocenters. The number of likely N-dealkylation sites (tertiary alicyclic amines) is 1. The van der Waals surface area contributed by atoms with Crippen molar-refractivity contribution < 1.29 is 28.6 Å². The quantitative estimate of drug-likeness (QED) is 0.475. The third kappa shape index (κ3) is 3.13. The Labute approximate surface area is 209 Å². The number of thioether (sulfide) groups is 1. The van der Waals surface area contributed by atoms with Gasteiger partial charge in [-0.25, -0.2) is 0 Å². The van der Waals surface area contributed by atoms with Crippen molar-refractivity contribution in [1.82, 2.24) is 9.88 Å². The first-order valence-electron chi connectivity index (χ1n) is 11.4. The molecular weight excluding hydrogens is 492 g/mol. The van der Waals surface area contributed by atoms with Crippen molar-refractivity contribution in [2.75, 3.05) is 27.9 Å². The molecule has 0 unspecified atom stereocenters. The maximum Gasteiger partial charge on any atom is 0.325 e. The van der Waals surface area contributed by atoms with Gasteiger partial charge < -0.3 is 19.2 Å². The molecule has 11 heteroatoms. The Kier molecular flexibility index (Phi) is 5.26. The van der Waals surface area contributed by atoms with Crippen molar-refractivity contribution in [3.05, 3.63) is 38.3 Å². The number of amides is 2. The fourth-order valence-corrected chi connectivity index (χ4v) is 9.74. The van der Waals surface area contributed by atoms with Crippen LogP contribution in [-0.2, 0) is 19.1 Å². The Hall–Kier alpha value is -2.79. The minimum absolute atomic E-state index is 0.00158. The number of carbonyl (C=O) groups is 3. The molecule has 0 spiro atoms. The summed E-state index contributed by atoms with van der Waals surface area (Å²) in [5.74, 6) is -0.888. The molecule has 35 heavy (non-hydrogen) atoms. The summed E-state index contributed by atoms with van der Waals surface area (Å²) >= 11 is 2.83. The van der Waals surface area contributed by atoms with Crippen LogP contribution in [0.5, 0.6) is 11.5 Å². The van der Waals surface area contributed by atoms with Gasteiger partial charge in [-0.2, -0.15) is 0 Å². The van der Waals surface area contributed by atoms with E-state index in [9.17, 15) is 19.2 Å². The van der Waals surface area contributed by atoms with E-state index in [1.807, 2.05) is 18.2 Å². The normalized spacial score (nSPS) is 32.3. The number of thiazole rings is 1. The number of hydrogen-bond donors (Lipinski definition) is 1. The number of nitrogens with one attached hydrogen (secondary N) is 1. The van der Waals surface area contributed by atoms with Crippen LogP contribution in [-0.4, -0.2) is 60.8 Å². The fraction of sp³-hybridized carbons (Fsp3) is 0.500. The number of carbonyl (C=O) groups excluding carboxylic acids is 3. The zero-order valence-corrected chi connectivity index (χ0v) is 20.9. The molecule has 3 fully saturated rings. The highest BCUT2D eigenvalue weighted by Crippen LogP contribution is 2.68. The lowest BCUT2D eigenvalue weighted by molar-refractivity contribution is -0.151. The van der Waals surface area contributed by atoms with Gasteiger partial charge in [0.1, 0.15) is 6.54 Å². The number of ether oxygens (including phenoxy) is 3. The van der Waals surface area contributed by atoms with Gasteiger partial charge in [-0.15, -0.1) is 11.8 Å². The van der Waals surface area contributed by atoms with Gasteiger partial charge in [-0.3, -0.25) is 24.1 Å². The van der Waals surface area contributed by atoms with E-state index in [1.54, 1.807) is 26.0 Å². The smallest absolute Gasteiger partial charge is 0.325 e. The Morgan fingerprint density at radius 3 is 2.46 bits per heavy atom. The highest BCUT2D eigenvalue weighted by Gasteiger charge is 2.69. The van der Waals surface area contributed by atoms with Crippen LogP contribution in [0.1, 0.15) is 22.8 Å². The molecule has 6 rings (SSSR count). The number of fused-ring (bicyclic) bond motifs is 9. The summed E-state index contributed by atoms with van der Waals surface area (Å²) in [4.78, 5) is 55.8. The molecule has 9 nitrogen and oxygen atoms in total. The Morgan fingerprint density at radius 2 is 1.77 bits per heavy atom. The molecule has 2 aliphatic heterocycles. The third-order valence-corrected chi connectivity index (χ3v) is 10.7. The largest absolute Gasteiger partial charge is 0.493 e. The Bertz CT molecular complexity index is 1300. The topological polar surface area (TPSA) is 115 Å². The van der Waals surface area contributed by atoms with Crippen LogP contribution in [0, 0.1) is 29.6 Å². The predicted octanol–water partition coefficient (Wildman–Crippen LogP) is 2.10. The lowest BCUT2D eigenvalue weighted by atomic mass is 9.68. The zero-order valence-electron chi connectivity index (χ0n) is 19.3. The summed E-state index contributed by atoms with van der Waals surface area (Å²) in [6.07, 6.45) is 0.782. The number of hydrogen-bond acceptors (Lipinski definition) is 9. The molecule has 4 aliphatic rings. The van der Waals surface area contributed by atoms with Crippen molar-refractivity contribution in [3.63, 3.8) is 0 Å². The van der Waals surface area contributed by atoms with E-state index in [4.69, 9.17) is 14.2 Å².